The third-order valence-corrected chi connectivity index (χ3v) is 6.00. The summed E-state index contributed by atoms with van der Waals surface area (Å²) >= 11 is 6.24. The summed E-state index contributed by atoms with van der Waals surface area (Å²) in [5, 5.41) is 13.5. The number of hydrogen-bond donors (Lipinski definition) is 1. The van der Waals surface area contributed by atoms with Gasteiger partial charge in [0.25, 0.3) is 0 Å². The van der Waals surface area contributed by atoms with Crippen molar-refractivity contribution in [3.8, 4) is 11.1 Å². The minimum absolute atomic E-state index is 0.0337. The van der Waals surface area contributed by atoms with Crippen LogP contribution in [-0.4, -0.2) is 30.5 Å². The number of aromatic nitrogens is 5. The van der Waals surface area contributed by atoms with Crippen LogP contribution in [0.2, 0.25) is 5.02 Å². The molecule has 0 radical (unpaired) electrons. The summed E-state index contributed by atoms with van der Waals surface area (Å²) in [6, 6.07) is 19.7. The molecule has 1 N–H and O–H groups in total. The zero-order chi connectivity index (χ0) is 23.7. The van der Waals surface area contributed by atoms with Gasteiger partial charge in [-0.25, -0.2) is 9.67 Å². The minimum atomic E-state index is -0.227. The van der Waals surface area contributed by atoms with Crippen LogP contribution in [0.3, 0.4) is 0 Å². The third-order valence-electron chi connectivity index (χ3n) is 5.63. The van der Waals surface area contributed by atoms with E-state index in [9.17, 15) is 4.79 Å². The Kier molecular flexibility index (Phi) is 5.86. The summed E-state index contributed by atoms with van der Waals surface area (Å²) in [6.07, 6.45) is 3.56. The number of amides is 1. The molecule has 170 valence electrons. The van der Waals surface area contributed by atoms with Crippen LogP contribution >= 0.6 is 11.6 Å². The van der Waals surface area contributed by atoms with Gasteiger partial charge in [0.15, 0.2) is 11.5 Å². The summed E-state index contributed by atoms with van der Waals surface area (Å²) in [5.74, 6) is 0.244. The molecule has 0 aliphatic rings. The van der Waals surface area contributed by atoms with Gasteiger partial charge in [0, 0.05) is 28.9 Å². The smallest absolute Gasteiger partial charge is 0.247 e. The number of rotatable bonds is 6. The minimum Gasteiger partial charge on any atom is -0.308 e. The summed E-state index contributed by atoms with van der Waals surface area (Å²) < 4.78 is 3.37. The van der Waals surface area contributed by atoms with Crippen LogP contribution in [0.1, 0.15) is 16.8 Å². The number of hydrogen-bond acceptors (Lipinski definition) is 4. The topological polar surface area (TPSA) is 77.6 Å². The Morgan fingerprint density at radius 1 is 1.03 bits per heavy atom. The van der Waals surface area contributed by atoms with Gasteiger partial charge in [0.2, 0.25) is 5.91 Å². The molecule has 5 aromatic rings. The average Bonchev–Trinajstić information content (AvgIpc) is 3.39. The average molecular weight is 471 g/mol. The van der Waals surface area contributed by atoms with E-state index in [4.69, 9.17) is 11.6 Å². The maximum absolute atomic E-state index is 12.8. The molecule has 0 aliphatic heterocycles. The second kappa shape index (κ2) is 9.11. The van der Waals surface area contributed by atoms with Crippen molar-refractivity contribution in [2.45, 2.75) is 26.9 Å². The lowest BCUT2D eigenvalue weighted by molar-refractivity contribution is -0.116. The van der Waals surface area contributed by atoms with Crippen molar-refractivity contribution in [1.82, 2.24) is 24.5 Å². The van der Waals surface area contributed by atoms with E-state index in [-0.39, 0.29) is 12.5 Å². The molecule has 5 rings (SSSR count). The van der Waals surface area contributed by atoms with E-state index in [1.807, 2.05) is 49.5 Å². The summed E-state index contributed by atoms with van der Waals surface area (Å²) in [7, 11) is 0. The standard InChI is InChI=1S/C26H23ClN6O/c1-17-6-5-8-19(14-17)21-10-12-28-26-25(21)18(2)30-33(26)16-24(34)29-23-11-13-32(31-23)15-20-7-3-4-9-22(20)27/h3-14H,15-16H2,1-2H3,(H,29,31,34). The van der Waals surface area contributed by atoms with Gasteiger partial charge in [-0.05, 0) is 42.7 Å². The van der Waals surface area contributed by atoms with Gasteiger partial charge >= 0.3 is 0 Å². The Hall–Kier alpha value is -3.97. The molecule has 0 bridgehead atoms. The number of benzene rings is 2. The lowest BCUT2D eigenvalue weighted by Gasteiger charge is -2.07. The second-order valence-corrected chi connectivity index (χ2v) is 8.62. The van der Waals surface area contributed by atoms with Crippen molar-refractivity contribution in [2.75, 3.05) is 5.32 Å². The number of pyridine rings is 1. The summed E-state index contributed by atoms with van der Waals surface area (Å²) in [5.41, 5.74) is 5.80. The SMILES string of the molecule is Cc1cccc(-c2ccnc3c2c(C)nn3CC(=O)Nc2ccn(Cc3ccccc3Cl)n2)c1. The van der Waals surface area contributed by atoms with Crippen molar-refractivity contribution in [3.63, 3.8) is 0 Å². The normalized spacial score (nSPS) is 11.1. The van der Waals surface area contributed by atoms with E-state index in [1.165, 1.54) is 5.56 Å². The van der Waals surface area contributed by atoms with Crippen molar-refractivity contribution in [1.29, 1.82) is 0 Å². The molecular formula is C26H23ClN6O. The van der Waals surface area contributed by atoms with Gasteiger partial charge in [-0.15, -0.1) is 0 Å². The first-order valence-electron chi connectivity index (χ1n) is 10.9. The lowest BCUT2D eigenvalue weighted by atomic mass is 10.0. The van der Waals surface area contributed by atoms with Crippen molar-refractivity contribution in [3.05, 3.63) is 94.9 Å². The highest BCUT2D eigenvalue weighted by Crippen LogP contribution is 2.30. The molecular weight excluding hydrogens is 448 g/mol. The Labute approximate surface area is 202 Å². The fourth-order valence-electron chi connectivity index (χ4n) is 4.08. The molecule has 1 amide bonds. The number of carbonyl (C=O) groups is 1. The third kappa shape index (κ3) is 4.43. The second-order valence-electron chi connectivity index (χ2n) is 8.21. The van der Waals surface area contributed by atoms with E-state index in [2.05, 4.69) is 45.6 Å². The van der Waals surface area contributed by atoms with Gasteiger partial charge in [-0.1, -0.05) is 59.6 Å². The van der Waals surface area contributed by atoms with Crippen LogP contribution < -0.4 is 5.32 Å². The van der Waals surface area contributed by atoms with Crippen LogP contribution in [0.15, 0.2) is 73.1 Å². The molecule has 8 heteroatoms. The van der Waals surface area contributed by atoms with Crippen LogP contribution in [0.4, 0.5) is 5.82 Å². The first-order valence-corrected chi connectivity index (χ1v) is 11.3. The predicted molar refractivity (Wildman–Crippen MR) is 134 cm³/mol. The number of carbonyl (C=O) groups excluding carboxylic acids is 1. The Bertz CT molecular complexity index is 1500. The van der Waals surface area contributed by atoms with E-state index >= 15 is 0 Å². The highest BCUT2D eigenvalue weighted by atomic mass is 35.5. The molecule has 0 saturated heterocycles. The predicted octanol–water partition coefficient (Wildman–Crippen LogP) is 5.25. The molecule has 0 spiro atoms. The number of aryl methyl sites for hydroxylation is 2. The summed E-state index contributed by atoms with van der Waals surface area (Å²) in [4.78, 5) is 17.3. The molecule has 0 unspecified atom stereocenters. The lowest BCUT2D eigenvalue weighted by Crippen LogP contribution is -2.20. The zero-order valence-corrected chi connectivity index (χ0v) is 19.6. The number of halogens is 1. The highest BCUT2D eigenvalue weighted by molar-refractivity contribution is 6.31. The highest BCUT2D eigenvalue weighted by Gasteiger charge is 2.16. The Balaban J connectivity index is 1.34. The molecule has 0 atom stereocenters. The number of nitrogens with one attached hydrogen (secondary N) is 1. The van der Waals surface area contributed by atoms with Crippen LogP contribution in [0.5, 0.6) is 0 Å². The van der Waals surface area contributed by atoms with Gasteiger partial charge in [0.1, 0.15) is 6.54 Å². The van der Waals surface area contributed by atoms with E-state index < -0.39 is 0 Å². The molecule has 2 aromatic carbocycles. The van der Waals surface area contributed by atoms with Gasteiger partial charge in [-0.2, -0.15) is 10.2 Å². The first kappa shape index (κ1) is 21.9. The van der Waals surface area contributed by atoms with E-state index in [1.54, 1.807) is 21.6 Å². The molecule has 0 aliphatic carbocycles. The van der Waals surface area contributed by atoms with E-state index in [0.717, 1.165) is 27.8 Å². The number of nitrogens with zero attached hydrogens (tertiary/aromatic N) is 5. The fourth-order valence-corrected chi connectivity index (χ4v) is 4.28. The van der Waals surface area contributed by atoms with Crippen molar-refractivity contribution in [2.24, 2.45) is 0 Å². The molecule has 0 saturated carbocycles. The van der Waals surface area contributed by atoms with Gasteiger partial charge in [0.05, 0.1) is 12.2 Å². The van der Waals surface area contributed by atoms with Crippen LogP contribution in [-0.2, 0) is 17.9 Å². The Morgan fingerprint density at radius 2 is 1.88 bits per heavy atom. The zero-order valence-electron chi connectivity index (χ0n) is 18.9. The van der Waals surface area contributed by atoms with Gasteiger partial charge < -0.3 is 5.32 Å². The van der Waals surface area contributed by atoms with Crippen molar-refractivity contribution >= 4 is 34.4 Å². The molecule has 3 aromatic heterocycles. The largest absolute Gasteiger partial charge is 0.308 e. The fraction of sp³-hybridized carbons (Fsp3) is 0.154. The maximum Gasteiger partial charge on any atom is 0.247 e. The molecule has 34 heavy (non-hydrogen) atoms. The Morgan fingerprint density at radius 3 is 2.71 bits per heavy atom. The quantitative estimate of drug-likeness (QED) is 0.367. The molecule has 7 nitrogen and oxygen atoms in total. The van der Waals surface area contributed by atoms with Gasteiger partial charge in [-0.3, -0.25) is 9.48 Å². The monoisotopic (exact) mass is 470 g/mol. The molecule has 0 fully saturated rings. The molecule has 3 heterocycles. The van der Waals surface area contributed by atoms with Crippen LogP contribution in [0, 0.1) is 13.8 Å². The summed E-state index contributed by atoms with van der Waals surface area (Å²) in [6.45, 7) is 4.56. The number of fused-ring (bicyclic) bond motifs is 1. The maximum atomic E-state index is 12.8. The van der Waals surface area contributed by atoms with Crippen molar-refractivity contribution < 1.29 is 4.79 Å². The van der Waals surface area contributed by atoms with Crippen LogP contribution in [0.25, 0.3) is 22.2 Å². The first-order chi connectivity index (χ1) is 16.5. The van der Waals surface area contributed by atoms with E-state index in [0.29, 0.717) is 23.0 Å². The number of anilines is 1.